The maximum Gasteiger partial charge on any atom is 0.231 e. The highest BCUT2D eigenvalue weighted by atomic mass is 16.7. The Balaban J connectivity index is 1.98. The van der Waals surface area contributed by atoms with Gasteiger partial charge in [0.05, 0.1) is 12.2 Å². The van der Waals surface area contributed by atoms with Crippen LogP contribution in [0.5, 0.6) is 17.2 Å². The first kappa shape index (κ1) is 15.5. The number of hydrogen-bond acceptors (Lipinski definition) is 5. The largest absolute Gasteiger partial charge is 0.490 e. The van der Waals surface area contributed by atoms with Crippen LogP contribution >= 0.6 is 0 Å². The van der Waals surface area contributed by atoms with Gasteiger partial charge in [0.15, 0.2) is 11.5 Å². The van der Waals surface area contributed by atoms with E-state index in [1.165, 1.54) is 0 Å². The predicted molar refractivity (Wildman–Crippen MR) is 79.6 cm³/mol. The zero-order chi connectivity index (χ0) is 15.5. The Morgan fingerprint density at radius 3 is 2.71 bits per heavy atom. The Bertz CT molecular complexity index is 539. The monoisotopic (exact) mass is 290 g/mol. The van der Waals surface area contributed by atoms with Crippen LogP contribution in [-0.4, -0.2) is 24.5 Å². The molecule has 0 saturated heterocycles. The molecular formula is C16H22N2O3. The van der Waals surface area contributed by atoms with Crippen molar-refractivity contribution < 1.29 is 14.2 Å². The van der Waals surface area contributed by atoms with Crippen molar-refractivity contribution in [3.05, 3.63) is 18.2 Å². The highest BCUT2D eigenvalue weighted by Crippen LogP contribution is 2.35. The van der Waals surface area contributed by atoms with E-state index in [0.29, 0.717) is 12.2 Å². The normalized spacial score (nSPS) is 17.1. The molecule has 0 bridgehead atoms. The van der Waals surface area contributed by atoms with E-state index < -0.39 is 5.54 Å². The second-order valence-corrected chi connectivity index (χ2v) is 5.89. The molecule has 0 fully saturated rings. The first-order chi connectivity index (χ1) is 9.92. The van der Waals surface area contributed by atoms with E-state index in [-0.39, 0.29) is 18.9 Å². The van der Waals surface area contributed by atoms with Gasteiger partial charge in [0.25, 0.3) is 0 Å². The number of rotatable bonds is 6. The van der Waals surface area contributed by atoms with Gasteiger partial charge in [-0.3, -0.25) is 5.32 Å². The van der Waals surface area contributed by atoms with Gasteiger partial charge >= 0.3 is 0 Å². The van der Waals surface area contributed by atoms with E-state index in [1.807, 2.05) is 45.9 Å². The van der Waals surface area contributed by atoms with Gasteiger partial charge in [-0.25, -0.2) is 0 Å². The van der Waals surface area contributed by atoms with Gasteiger partial charge in [-0.2, -0.15) is 5.26 Å². The molecule has 1 aromatic carbocycles. The molecule has 21 heavy (non-hydrogen) atoms. The lowest BCUT2D eigenvalue weighted by Gasteiger charge is -2.29. The minimum absolute atomic E-state index is 0.0960. The van der Waals surface area contributed by atoms with Crippen molar-refractivity contribution in [2.24, 2.45) is 0 Å². The summed E-state index contributed by atoms with van der Waals surface area (Å²) >= 11 is 0. The molecule has 0 aliphatic carbocycles. The molecule has 114 valence electrons. The fraction of sp³-hybridized carbons (Fsp3) is 0.562. The maximum absolute atomic E-state index is 9.37. The van der Waals surface area contributed by atoms with Crippen molar-refractivity contribution in [2.45, 2.75) is 51.8 Å². The highest BCUT2D eigenvalue weighted by molar-refractivity contribution is 5.46. The molecule has 0 spiro atoms. The van der Waals surface area contributed by atoms with Crippen LogP contribution in [0.1, 0.15) is 34.1 Å². The molecule has 1 aromatic rings. The highest BCUT2D eigenvalue weighted by Gasteiger charge is 2.28. The maximum atomic E-state index is 9.37. The molecule has 2 unspecified atom stereocenters. The molecule has 2 atom stereocenters. The van der Waals surface area contributed by atoms with Crippen LogP contribution in [0.2, 0.25) is 0 Å². The topological polar surface area (TPSA) is 63.5 Å². The van der Waals surface area contributed by atoms with Crippen LogP contribution in [0, 0.1) is 11.3 Å². The molecular weight excluding hydrogens is 268 g/mol. The Hall–Kier alpha value is -1.93. The molecule has 1 heterocycles. The van der Waals surface area contributed by atoms with Gasteiger partial charge in [-0.1, -0.05) is 0 Å². The summed E-state index contributed by atoms with van der Waals surface area (Å²) in [6, 6.07) is 8.08. The molecule has 0 saturated carbocycles. The average Bonchev–Trinajstić information content (AvgIpc) is 2.84. The number of nitrogens with one attached hydrogen (secondary N) is 1. The second-order valence-electron chi connectivity index (χ2n) is 5.89. The molecule has 0 aromatic heterocycles. The third-order valence-electron chi connectivity index (χ3n) is 3.23. The van der Waals surface area contributed by atoms with Crippen molar-refractivity contribution in [1.82, 2.24) is 5.32 Å². The van der Waals surface area contributed by atoms with Crippen molar-refractivity contribution in [2.75, 3.05) is 6.79 Å². The first-order valence-electron chi connectivity index (χ1n) is 7.17. The van der Waals surface area contributed by atoms with Crippen LogP contribution in [0.15, 0.2) is 18.2 Å². The minimum atomic E-state index is -0.607. The van der Waals surface area contributed by atoms with Crippen molar-refractivity contribution in [3.63, 3.8) is 0 Å². The summed E-state index contributed by atoms with van der Waals surface area (Å²) in [5.41, 5.74) is -0.607. The van der Waals surface area contributed by atoms with Gasteiger partial charge in [0.2, 0.25) is 6.79 Å². The Labute approximate surface area is 125 Å². The summed E-state index contributed by atoms with van der Waals surface area (Å²) < 4.78 is 16.5. The van der Waals surface area contributed by atoms with Crippen molar-refractivity contribution in [1.29, 1.82) is 5.26 Å². The van der Waals surface area contributed by atoms with Gasteiger partial charge in [-0.15, -0.1) is 0 Å². The SMILES string of the molecule is CC(C)NC(C)(C#N)CC(C)Oc1ccc2c(c1)OCO2. The molecule has 1 aliphatic heterocycles. The predicted octanol–water partition coefficient (Wildman–Crippen LogP) is 2.85. The fourth-order valence-corrected chi connectivity index (χ4v) is 2.57. The molecule has 2 rings (SSSR count). The molecule has 0 radical (unpaired) electrons. The lowest BCUT2D eigenvalue weighted by atomic mass is 9.95. The summed E-state index contributed by atoms with van der Waals surface area (Å²) in [6.45, 7) is 8.16. The summed E-state index contributed by atoms with van der Waals surface area (Å²) in [6.07, 6.45) is 0.497. The fourth-order valence-electron chi connectivity index (χ4n) is 2.57. The molecule has 0 amide bonds. The molecule has 5 nitrogen and oxygen atoms in total. The quantitative estimate of drug-likeness (QED) is 0.872. The number of fused-ring (bicyclic) bond motifs is 1. The summed E-state index contributed by atoms with van der Waals surface area (Å²) in [5.74, 6) is 2.15. The third-order valence-corrected chi connectivity index (χ3v) is 3.23. The second kappa shape index (κ2) is 6.23. The summed E-state index contributed by atoms with van der Waals surface area (Å²) in [7, 11) is 0. The van der Waals surface area contributed by atoms with Gasteiger partial charge in [0, 0.05) is 18.5 Å². The zero-order valence-electron chi connectivity index (χ0n) is 13.0. The van der Waals surface area contributed by atoms with E-state index in [1.54, 1.807) is 0 Å². The van der Waals surface area contributed by atoms with Crippen LogP contribution in [-0.2, 0) is 0 Å². The van der Waals surface area contributed by atoms with Gasteiger partial charge in [0.1, 0.15) is 11.3 Å². The molecule has 1 N–H and O–H groups in total. The van der Waals surface area contributed by atoms with Crippen LogP contribution < -0.4 is 19.5 Å². The Kier molecular flexibility index (Phi) is 4.59. The van der Waals surface area contributed by atoms with E-state index >= 15 is 0 Å². The zero-order valence-corrected chi connectivity index (χ0v) is 13.0. The first-order valence-corrected chi connectivity index (χ1v) is 7.17. The number of nitriles is 1. The van der Waals surface area contributed by atoms with Crippen molar-refractivity contribution >= 4 is 0 Å². The van der Waals surface area contributed by atoms with E-state index in [9.17, 15) is 5.26 Å². The van der Waals surface area contributed by atoms with E-state index in [2.05, 4.69) is 11.4 Å². The molecule has 1 aliphatic rings. The Morgan fingerprint density at radius 1 is 1.33 bits per heavy atom. The number of benzene rings is 1. The lowest BCUT2D eigenvalue weighted by Crippen LogP contribution is -2.47. The van der Waals surface area contributed by atoms with Crippen LogP contribution in [0.4, 0.5) is 0 Å². The smallest absolute Gasteiger partial charge is 0.231 e. The third kappa shape index (κ3) is 4.02. The number of nitrogens with zero attached hydrogens (tertiary/aromatic N) is 1. The van der Waals surface area contributed by atoms with Crippen molar-refractivity contribution in [3.8, 4) is 23.3 Å². The standard InChI is InChI=1S/C16H22N2O3/c1-11(2)18-16(4,9-17)8-12(3)21-13-5-6-14-15(7-13)20-10-19-14/h5-7,11-12,18H,8,10H2,1-4H3. The average molecular weight is 290 g/mol. The van der Waals surface area contributed by atoms with Gasteiger partial charge < -0.3 is 14.2 Å². The summed E-state index contributed by atoms with van der Waals surface area (Å²) in [4.78, 5) is 0. The van der Waals surface area contributed by atoms with Crippen LogP contribution in [0.3, 0.4) is 0 Å². The van der Waals surface area contributed by atoms with Gasteiger partial charge in [-0.05, 0) is 39.8 Å². The van der Waals surface area contributed by atoms with E-state index in [4.69, 9.17) is 14.2 Å². The Morgan fingerprint density at radius 2 is 2.05 bits per heavy atom. The minimum Gasteiger partial charge on any atom is -0.490 e. The number of ether oxygens (including phenoxy) is 3. The summed E-state index contributed by atoms with van der Waals surface area (Å²) in [5, 5.41) is 12.6. The van der Waals surface area contributed by atoms with Crippen LogP contribution in [0.25, 0.3) is 0 Å². The molecule has 5 heteroatoms. The number of hydrogen-bond donors (Lipinski definition) is 1. The lowest BCUT2D eigenvalue weighted by molar-refractivity contribution is 0.171. The van der Waals surface area contributed by atoms with E-state index in [0.717, 1.165) is 11.5 Å².